The zero-order valence-corrected chi connectivity index (χ0v) is 18.1. The van der Waals surface area contributed by atoms with E-state index in [0.717, 1.165) is 5.69 Å². The molecule has 32 heavy (non-hydrogen) atoms. The maximum atomic E-state index is 12.9. The van der Waals surface area contributed by atoms with Crippen molar-refractivity contribution in [3.8, 4) is 0 Å². The van der Waals surface area contributed by atoms with Gasteiger partial charge in [0.25, 0.3) is 0 Å². The van der Waals surface area contributed by atoms with Crippen molar-refractivity contribution in [2.24, 2.45) is 5.92 Å². The maximum Gasteiger partial charge on any atom is 0.321 e. The second-order valence-electron chi connectivity index (χ2n) is 8.18. The monoisotopic (exact) mass is 427 g/mol. The summed E-state index contributed by atoms with van der Waals surface area (Å²) in [5.74, 6) is 0.117. The maximum absolute atomic E-state index is 12.9. The molecule has 4 rings (SSSR count). The van der Waals surface area contributed by atoms with Crippen LogP contribution in [-0.4, -0.2) is 36.5 Å². The smallest absolute Gasteiger partial charge is 0.321 e. The molecule has 0 bridgehead atoms. The number of urea groups is 1. The number of amides is 3. The van der Waals surface area contributed by atoms with Crippen LogP contribution in [0, 0.1) is 5.92 Å². The van der Waals surface area contributed by atoms with Gasteiger partial charge in [0.15, 0.2) is 0 Å². The average Bonchev–Trinajstić information content (AvgIpc) is 2.86. The molecule has 164 valence electrons. The van der Waals surface area contributed by atoms with Crippen molar-refractivity contribution in [2.45, 2.75) is 18.8 Å². The minimum Gasteiger partial charge on any atom is -0.355 e. The minimum absolute atomic E-state index is 0.0667. The Morgan fingerprint density at radius 3 is 1.81 bits per heavy atom. The molecule has 0 spiro atoms. The lowest BCUT2D eigenvalue weighted by Crippen LogP contribution is -2.45. The van der Waals surface area contributed by atoms with Gasteiger partial charge in [-0.25, -0.2) is 4.79 Å². The molecule has 5 heteroatoms. The van der Waals surface area contributed by atoms with Gasteiger partial charge >= 0.3 is 6.03 Å². The summed E-state index contributed by atoms with van der Waals surface area (Å²) in [5.41, 5.74) is 3.16. The Labute approximate surface area is 189 Å². The molecule has 0 atom stereocenters. The fraction of sp³-hybridized carbons (Fsp3) is 0.259. The van der Waals surface area contributed by atoms with Gasteiger partial charge in [-0.1, -0.05) is 78.9 Å². The van der Waals surface area contributed by atoms with Crippen molar-refractivity contribution >= 4 is 17.6 Å². The molecular weight excluding hydrogens is 398 g/mol. The first-order valence-corrected chi connectivity index (χ1v) is 11.2. The number of benzene rings is 3. The first-order chi connectivity index (χ1) is 15.7. The summed E-state index contributed by atoms with van der Waals surface area (Å²) in [6.45, 7) is 1.72. The van der Waals surface area contributed by atoms with E-state index < -0.39 is 0 Å². The lowest BCUT2D eigenvalue weighted by atomic mass is 9.90. The van der Waals surface area contributed by atoms with E-state index in [2.05, 4.69) is 34.9 Å². The van der Waals surface area contributed by atoms with E-state index in [1.165, 1.54) is 11.1 Å². The number of carbonyl (C=O) groups excluding carboxylic acids is 2. The number of nitrogens with one attached hydrogen (secondary N) is 2. The standard InChI is InChI=1S/C27H29N3O2/c31-26(23-16-18-30(19-17-23)27(32)29-24-14-8-3-9-15-24)28-20-25(21-10-4-1-5-11-21)22-12-6-2-7-13-22/h1-15,23,25H,16-20H2,(H,28,31)(H,29,32). The molecule has 3 aromatic rings. The van der Waals surface area contributed by atoms with Crippen molar-refractivity contribution in [2.75, 3.05) is 25.0 Å². The number of anilines is 1. The van der Waals surface area contributed by atoms with Crippen LogP contribution in [-0.2, 0) is 4.79 Å². The normalized spacial score (nSPS) is 14.2. The summed E-state index contributed by atoms with van der Waals surface area (Å²) in [5, 5.41) is 6.09. The van der Waals surface area contributed by atoms with E-state index in [-0.39, 0.29) is 23.8 Å². The predicted molar refractivity (Wildman–Crippen MR) is 127 cm³/mol. The van der Waals surface area contributed by atoms with Gasteiger partial charge in [0.2, 0.25) is 5.91 Å². The van der Waals surface area contributed by atoms with Gasteiger partial charge < -0.3 is 15.5 Å². The van der Waals surface area contributed by atoms with Crippen LogP contribution in [0.5, 0.6) is 0 Å². The molecule has 5 nitrogen and oxygen atoms in total. The van der Waals surface area contributed by atoms with Crippen LogP contribution in [0.2, 0.25) is 0 Å². The van der Waals surface area contributed by atoms with Crippen molar-refractivity contribution < 1.29 is 9.59 Å². The Morgan fingerprint density at radius 1 is 0.781 bits per heavy atom. The molecule has 0 unspecified atom stereocenters. The van der Waals surface area contributed by atoms with Gasteiger partial charge in [-0.15, -0.1) is 0 Å². The van der Waals surface area contributed by atoms with E-state index in [0.29, 0.717) is 32.5 Å². The third kappa shape index (κ3) is 5.55. The van der Waals surface area contributed by atoms with Crippen molar-refractivity contribution in [1.29, 1.82) is 0 Å². The first-order valence-electron chi connectivity index (χ1n) is 11.2. The van der Waals surface area contributed by atoms with Crippen LogP contribution in [0.1, 0.15) is 29.9 Å². The van der Waals surface area contributed by atoms with Gasteiger partial charge in [-0.3, -0.25) is 4.79 Å². The molecule has 3 amide bonds. The molecule has 0 aromatic heterocycles. The molecule has 0 aliphatic carbocycles. The van der Waals surface area contributed by atoms with Crippen LogP contribution in [0.4, 0.5) is 10.5 Å². The number of piperidine rings is 1. The highest BCUT2D eigenvalue weighted by Crippen LogP contribution is 2.24. The van der Waals surface area contributed by atoms with E-state index >= 15 is 0 Å². The third-order valence-corrected chi connectivity index (χ3v) is 6.06. The van der Waals surface area contributed by atoms with Crippen molar-refractivity contribution in [3.63, 3.8) is 0 Å². The zero-order valence-electron chi connectivity index (χ0n) is 18.1. The van der Waals surface area contributed by atoms with Gasteiger partial charge in [0.1, 0.15) is 0 Å². The lowest BCUT2D eigenvalue weighted by molar-refractivity contribution is -0.126. The fourth-order valence-electron chi connectivity index (χ4n) is 4.21. The second-order valence-corrected chi connectivity index (χ2v) is 8.18. The first kappa shape index (κ1) is 21.6. The molecule has 1 heterocycles. The quantitative estimate of drug-likeness (QED) is 0.589. The SMILES string of the molecule is O=C(NCC(c1ccccc1)c1ccccc1)C1CCN(C(=O)Nc2ccccc2)CC1. The Bertz CT molecular complexity index is 961. The highest BCUT2D eigenvalue weighted by atomic mass is 16.2. The van der Waals surface area contributed by atoms with Crippen LogP contribution in [0.15, 0.2) is 91.0 Å². The van der Waals surface area contributed by atoms with Crippen LogP contribution in [0.25, 0.3) is 0 Å². The Hall–Kier alpha value is -3.60. The van der Waals surface area contributed by atoms with Gasteiger partial charge in [-0.05, 0) is 36.1 Å². The largest absolute Gasteiger partial charge is 0.355 e. The average molecular weight is 428 g/mol. The lowest BCUT2D eigenvalue weighted by Gasteiger charge is -2.31. The Kier molecular flexibility index (Phi) is 7.18. The summed E-state index contributed by atoms with van der Waals surface area (Å²) >= 11 is 0. The van der Waals surface area contributed by atoms with E-state index in [1.54, 1.807) is 4.90 Å². The summed E-state index contributed by atoms with van der Waals surface area (Å²) in [7, 11) is 0. The Morgan fingerprint density at radius 2 is 1.28 bits per heavy atom. The molecule has 1 fully saturated rings. The van der Waals surface area contributed by atoms with E-state index in [9.17, 15) is 9.59 Å². The van der Waals surface area contributed by atoms with Crippen LogP contribution < -0.4 is 10.6 Å². The molecule has 0 saturated carbocycles. The number of carbonyl (C=O) groups is 2. The molecule has 1 aliphatic heterocycles. The van der Waals surface area contributed by atoms with Crippen molar-refractivity contribution in [3.05, 3.63) is 102 Å². The Balaban J connectivity index is 1.31. The molecule has 1 saturated heterocycles. The second kappa shape index (κ2) is 10.6. The van der Waals surface area contributed by atoms with E-state index in [4.69, 9.17) is 0 Å². The zero-order chi connectivity index (χ0) is 22.2. The molecule has 1 aliphatic rings. The van der Waals surface area contributed by atoms with Crippen molar-refractivity contribution in [1.82, 2.24) is 10.2 Å². The number of likely N-dealkylation sites (tertiary alicyclic amines) is 1. The number of hydrogen-bond donors (Lipinski definition) is 2. The number of hydrogen-bond acceptors (Lipinski definition) is 2. The van der Waals surface area contributed by atoms with Gasteiger partial charge in [0, 0.05) is 37.2 Å². The summed E-state index contributed by atoms with van der Waals surface area (Å²) in [6.07, 6.45) is 1.35. The highest BCUT2D eigenvalue weighted by molar-refractivity contribution is 5.89. The highest BCUT2D eigenvalue weighted by Gasteiger charge is 2.28. The van der Waals surface area contributed by atoms with Crippen LogP contribution in [0.3, 0.4) is 0 Å². The minimum atomic E-state index is -0.108. The summed E-state index contributed by atoms with van der Waals surface area (Å²) in [4.78, 5) is 27.2. The fourth-order valence-corrected chi connectivity index (χ4v) is 4.21. The molecular formula is C27H29N3O2. The molecule has 0 radical (unpaired) electrons. The number of para-hydroxylation sites is 1. The van der Waals surface area contributed by atoms with Crippen LogP contribution >= 0.6 is 0 Å². The van der Waals surface area contributed by atoms with Gasteiger partial charge in [-0.2, -0.15) is 0 Å². The van der Waals surface area contributed by atoms with E-state index in [1.807, 2.05) is 66.7 Å². The third-order valence-electron chi connectivity index (χ3n) is 6.06. The van der Waals surface area contributed by atoms with Gasteiger partial charge in [0.05, 0.1) is 0 Å². The predicted octanol–water partition coefficient (Wildman–Crippen LogP) is 4.88. The number of nitrogens with zero attached hydrogens (tertiary/aromatic N) is 1. The summed E-state index contributed by atoms with van der Waals surface area (Å²) < 4.78 is 0. The summed E-state index contributed by atoms with van der Waals surface area (Å²) in [6, 6.07) is 29.9. The topological polar surface area (TPSA) is 61.4 Å². The number of rotatable bonds is 6. The molecule has 3 aromatic carbocycles. The molecule has 2 N–H and O–H groups in total.